The largest absolute Gasteiger partial charge is 0.508 e. The minimum atomic E-state index is -0.428. The van der Waals surface area contributed by atoms with E-state index in [9.17, 15) is 9.50 Å². The Balaban J connectivity index is 2.06. The Kier molecular flexibility index (Phi) is 4.53. The summed E-state index contributed by atoms with van der Waals surface area (Å²) in [7, 11) is 1.56. The Bertz CT molecular complexity index is 590. The zero-order chi connectivity index (χ0) is 14.5. The van der Waals surface area contributed by atoms with Gasteiger partial charge in [-0.3, -0.25) is 0 Å². The van der Waals surface area contributed by atoms with E-state index in [1.807, 2.05) is 19.1 Å². The number of rotatable bonds is 5. The molecule has 0 radical (unpaired) electrons. The van der Waals surface area contributed by atoms with Gasteiger partial charge in [0.2, 0.25) is 5.88 Å². The van der Waals surface area contributed by atoms with Crippen molar-refractivity contribution < 1.29 is 14.2 Å². The molecule has 0 amide bonds. The summed E-state index contributed by atoms with van der Waals surface area (Å²) < 4.78 is 18.9. The maximum absolute atomic E-state index is 13.7. The lowest BCUT2D eigenvalue weighted by molar-refractivity contribution is 0.388. The van der Waals surface area contributed by atoms with Crippen LogP contribution in [0.1, 0.15) is 24.1 Å². The molecule has 1 unspecified atom stereocenters. The third kappa shape index (κ3) is 3.24. The maximum atomic E-state index is 13.7. The summed E-state index contributed by atoms with van der Waals surface area (Å²) >= 11 is 0. The summed E-state index contributed by atoms with van der Waals surface area (Å²) in [5, 5.41) is 12.4. The quantitative estimate of drug-likeness (QED) is 0.881. The molecule has 0 aliphatic rings. The van der Waals surface area contributed by atoms with Gasteiger partial charge < -0.3 is 15.2 Å². The van der Waals surface area contributed by atoms with Crippen LogP contribution >= 0.6 is 0 Å². The molecule has 5 heteroatoms. The van der Waals surface area contributed by atoms with Gasteiger partial charge in [0, 0.05) is 36.0 Å². The van der Waals surface area contributed by atoms with E-state index in [0.717, 1.165) is 11.6 Å². The zero-order valence-electron chi connectivity index (χ0n) is 11.4. The topological polar surface area (TPSA) is 54.4 Å². The fraction of sp³-hybridized carbons (Fsp3) is 0.267. The van der Waals surface area contributed by atoms with Gasteiger partial charge in [-0.15, -0.1) is 0 Å². The fourth-order valence-electron chi connectivity index (χ4n) is 1.98. The number of phenolic OH excluding ortho intramolecular Hbond substituents is 1. The van der Waals surface area contributed by atoms with Crippen LogP contribution in [0.5, 0.6) is 11.6 Å². The van der Waals surface area contributed by atoms with E-state index in [2.05, 4.69) is 10.3 Å². The molecular formula is C15H17FN2O2. The molecule has 1 aromatic heterocycles. The van der Waals surface area contributed by atoms with Crippen molar-refractivity contribution >= 4 is 0 Å². The molecule has 2 rings (SSSR count). The molecule has 0 saturated heterocycles. The molecular weight excluding hydrogens is 259 g/mol. The lowest BCUT2D eigenvalue weighted by Crippen LogP contribution is -2.19. The van der Waals surface area contributed by atoms with Crippen molar-refractivity contribution in [3.05, 3.63) is 53.5 Å². The number of aromatic hydroxyl groups is 1. The highest BCUT2D eigenvalue weighted by atomic mass is 19.1. The van der Waals surface area contributed by atoms with Crippen LogP contribution in [-0.4, -0.2) is 17.2 Å². The van der Waals surface area contributed by atoms with E-state index in [1.54, 1.807) is 19.4 Å². The number of hydrogen-bond acceptors (Lipinski definition) is 4. The SMILES string of the molecule is COc1ncccc1CNC(C)c1ccc(O)cc1F. The number of ether oxygens (including phenoxy) is 1. The van der Waals surface area contributed by atoms with E-state index in [0.29, 0.717) is 18.0 Å². The van der Waals surface area contributed by atoms with E-state index in [1.165, 1.54) is 6.07 Å². The first-order valence-corrected chi connectivity index (χ1v) is 6.31. The third-order valence-electron chi connectivity index (χ3n) is 3.09. The van der Waals surface area contributed by atoms with Crippen LogP contribution in [0.15, 0.2) is 36.5 Å². The first-order chi connectivity index (χ1) is 9.61. The van der Waals surface area contributed by atoms with Gasteiger partial charge in [0.25, 0.3) is 0 Å². The van der Waals surface area contributed by atoms with Crippen LogP contribution in [0, 0.1) is 5.82 Å². The van der Waals surface area contributed by atoms with Crippen molar-refractivity contribution in [3.8, 4) is 11.6 Å². The molecule has 1 aromatic carbocycles. The summed E-state index contributed by atoms with van der Waals surface area (Å²) in [5.74, 6) is 0.0499. The summed E-state index contributed by atoms with van der Waals surface area (Å²) in [6.07, 6.45) is 1.66. The standard InChI is InChI=1S/C15H17FN2O2/c1-10(13-6-5-12(19)8-14(13)16)18-9-11-4-3-7-17-15(11)20-2/h3-8,10,18-19H,9H2,1-2H3. The average Bonchev–Trinajstić information content (AvgIpc) is 2.45. The first-order valence-electron chi connectivity index (χ1n) is 6.31. The smallest absolute Gasteiger partial charge is 0.217 e. The van der Waals surface area contributed by atoms with Crippen LogP contribution < -0.4 is 10.1 Å². The van der Waals surface area contributed by atoms with E-state index in [-0.39, 0.29) is 11.8 Å². The average molecular weight is 276 g/mol. The lowest BCUT2D eigenvalue weighted by Gasteiger charge is -2.16. The molecule has 4 nitrogen and oxygen atoms in total. The molecule has 1 atom stereocenters. The molecule has 0 fully saturated rings. The number of nitrogens with zero attached hydrogens (tertiary/aromatic N) is 1. The normalized spacial score (nSPS) is 12.2. The second-order valence-corrected chi connectivity index (χ2v) is 4.48. The van der Waals surface area contributed by atoms with Crippen molar-refractivity contribution in [1.29, 1.82) is 0 Å². The second-order valence-electron chi connectivity index (χ2n) is 4.48. The van der Waals surface area contributed by atoms with Crippen LogP contribution in [0.4, 0.5) is 4.39 Å². The molecule has 1 heterocycles. The summed E-state index contributed by atoms with van der Waals surface area (Å²) in [4.78, 5) is 4.11. The van der Waals surface area contributed by atoms with Crippen molar-refractivity contribution in [2.45, 2.75) is 19.5 Å². The van der Waals surface area contributed by atoms with E-state index in [4.69, 9.17) is 4.74 Å². The summed E-state index contributed by atoms with van der Waals surface area (Å²) in [6, 6.07) is 7.69. The number of aromatic nitrogens is 1. The molecule has 2 aromatic rings. The monoisotopic (exact) mass is 276 g/mol. The number of pyridine rings is 1. The van der Waals surface area contributed by atoms with Gasteiger partial charge in [-0.25, -0.2) is 9.37 Å². The van der Waals surface area contributed by atoms with Crippen LogP contribution in [0.25, 0.3) is 0 Å². The molecule has 106 valence electrons. The minimum Gasteiger partial charge on any atom is -0.508 e. The Labute approximate surface area is 117 Å². The van der Waals surface area contributed by atoms with Crippen molar-refractivity contribution in [2.24, 2.45) is 0 Å². The summed E-state index contributed by atoms with van der Waals surface area (Å²) in [5.41, 5.74) is 1.41. The Hall–Kier alpha value is -2.14. The lowest BCUT2D eigenvalue weighted by atomic mass is 10.1. The van der Waals surface area contributed by atoms with E-state index >= 15 is 0 Å². The molecule has 0 saturated carbocycles. The predicted molar refractivity (Wildman–Crippen MR) is 74.1 cm³/mol. The highest BCUT2D eigenvalue weighted by Crippen LogP contribution is 2.22. The molecule has 0 aliphatic heterocycles. The van der Waals surface area contributed by atoms with Crippen LogP contribution in [-0.2, 0) is 6.54 Å². The van der Waals surface area contributed by atoms with Crippen molar-refractivity contribution in [3.63, 3.8) is 0 Å². The fourth-order valence-corrected chi connectivity index (χ4v) is 1.98. The Morgan fingerprint density at radius 1 is 1.40 bits per heavy atom. The predicted octanol–water partition coefficient (Wildman–Crippen LogP) is 2.79. The maximum Gasteiger partial charge on any atom is 0.217 e. The van der Waals surface area contributed by atoms with Gasteiger partial charge in [0.1, 0.15) is 11.6 Å². The summed E-state index contributed by atoms with van der Waals surface area (Å²) in [6.45, 7) is 2.37. The number of phenols is 1. The highest BCUT2D eigenvalue weighted by Gasteiger charge is 2.12. The first kappa shape index (κ1) is 14.3. The second kappa shape index (κ2) is 6.34. The molecule has 20 heavy (non-hydrogen) atoms. The number of methoxy groups -OCH3 is 1. The van der Waals surface area contributed by atoms with Crippen LogP contribution in [0.2, 0.25) is 0 Å². The number of halogens is 1. The van der Waals surface area contributed by atoms with Crippen molar-refractivity contribution in [2.75, 3.05) is 7.11 Å². The number of nitrogens with one attached hydrogen (secondary N) is 1. The molecule has 0 aliphatic carbocycles. The molecule has 0 spiro atoms. The van der Waals surface area contributed by atoms with Gasteiger partial charge in [-0.05, 0) is 19.1 Å². The number of hydrogen-bond donors (Lipinski definition) is 2. The minimum absolute atomic E-state index is 0.0765. The Morgan fingerprint density at radius 2 is 2.20 bits per heavy atom. The van der Waals surface area contributed by atoms with Crippen molar-refractivity contribution in [1.82, 2.24) is 10.3 Å². The van der Waals surface area contributed by atoms with Gasteiger partial charge in [-0.2, -0.15) is 0 Å². The molecule has 0 bridgehead atoms. The van der Waals surface area contributed by atoms with Gasteiger partial charge in [-0.1, -0.05) is 12.1 Å². The van der Waals surface area contributed by atoms with Gasteiger partial charge in [0.05, 0.1) is 7.11 Å². The van der Waals surface area contributed by atoms with Gasteiger partial charge in [0.15, 0.2) is 0 Å². The third-order valence-corrected chi connectivity index (χ3v) is 3.09. The highest BCUT2D eigenvalue weighted by molar-refractivity contribution is 5.30. The van der Waals surface area contributed by atoms with Crippen LogP contribution in [0.3, 0.4) is 0 Å². The van der Waals surface area contributed by atoms with E-state index < -0.39 is 5.82 Å². The number of benzene rings is 1. The Morgan fingerprint density at radius 3 is 2.90 bits per heavy atom. The van der Waals surface area contributed by atoms with Gasteiger partial charge >= 0.3 is 0 Å². The zero-order valence-corrected chi connectivity index (χ0v) is 11.4. The molecule has 2 N–H and O–H groups in total.